The summed E-state index contributed by atoms with van der Waals surface area (Å²) in [5.74, 6) is 0.709. The summed E-state index contributed by atoms with van der Waals surface area (Å²) in [7, 11) is 0. The molecule has 3 aromatic rings. The Labute approximate surface area is 116 Å². The van der Waals surface area contributed by atoms with Crippen molar-refractivity contribution in [1.29, 1.82) is 0 Å². The first-order chi connectivity index (χ1) is 9.34. The van der Waals surface area contributed by atoms with E-state index in [1.165, 1.54) is 0 Å². The van der Waals surface area contributed by atoms with E-state index in [2.05, 4.69) is 11.2 Å². The zero-order valence-corrected chi connectivity index (χ0v) is 11.0. The largest absolute Gasteiger partial charge is 0.490 e. The van der Waals surface area contributed by atoms with E-state index < -0.39 is 0 Å². The van der Waals surface area contributed by atoms with Gasteiger partial charge in [0.05, 0.1) is 23.3 Å². The number of ether oxygens (including phenoxy) is 1. The van der Waals surface area contributed by atoms with E-state index in [1.807, 2.05) is 53.3 Å². The Bertz CT molecular complexity index is 693. The van der Waals surface area contributed by atoms with Crippen molar-refractivity contribution in [3.63, 3.8) is 0 Å². The predicted molar refractivity (Wildman–Crippen MR) is 76.7 cm³/mol. The van der Waals surface area contributed by atoms with Crippen molar-refractivity contribution >= 4 is 22.5 Å². The Morgan fingerprint density at radius 3 is 2.74 bits per heavy atom. The fraction of sp³-hybridized carbons (Fsp3) is 0.133. The van der Waals surface area contributed by atoms with Gasteiger partial charge in [-0.05, 0) is 18.2 Å². The molecule has 1 heterocycles. The summed E-state index contributed by atoms with van der Waals surface area (Å²) in [5.41, 5.74) is 1.12. The molecular weight excluding hydrogens is 260 g/mol. The maximum Gasteiger partial charge on any atom is 0.137 e. The number of hydrogen-bond donors (Lipinski definition) is 0. The number of halogens is 1. The van der Waals surface area contributed by atoms with Crippen LogP contribution in [0, 0.1) is 0 Å². The number of aromatic nitrogens is 2. The molecule has 0 radical (unpaired) electrons. The lowest BCUT2D eigenvalue weighted by Crippen LogP contribution is -2.09. The Kier molecular flexibility index (Phi) is 3.38. The number of para-hydroxylation sites is 2. The van der Waals surface area contributed by atoms with Gasteiger partial charge in [0.25, 0.3) is 0 Å². The van der Waals surface area contributed by atoms with Gasteiger partial charge in [-0.2, -0.15) is 5.10 Å². The molecule has 96 valence electrons. The predicted octanol–water partition coefficient (Wildman–Crippen LogP) is 3.77. The molecule has 2 aromatic carbocycles. The van der Waals surface area contributed by atoms with Crippen LogP contribution in [0.2, 0.25) is 5.02 Å². The lowest BCUT2D eigenvalue weighted by molar-refractivity contribution is 0.294. The second-order valence-electron chi connectivity index (χ2n) is 4.21. The van der Waals surface area contributed by atoms with Crippen molar-refractivity contribution in [3.05, 3.63) is 59.8 Å². The smallest absolute Gasteiger partial charge is 0.137 e. The second-order valence-corrected chi connectivity index (χ2v) is 4.61. The van der Waals surface area contributed by atoms with E-state index in [4.69, 9.17) is 16.3 Å². The topological polar surface area (TPSA) is 27.1 Å². The molecular formula is C15H13ClN2O. The van der Waals surface area contributed by atoms with Crippen molar-refractivity contribution in [2.24, 2.45) is 0 Å². The van der Waals surface area contributed by atoms with Crippen LogP contribution in [0.4, 0.5) is 0 Å². The Morgan fingerprint density at radius 1 is 1.05 bits per heavy atom. The monoisotopic (exact) mass is 272 g/mol. The molecule has 0 spiro atoms. The summed E-state index contributed by atoms with van der Waals surface area (Å²) in [6, 6.07) is 15.6. The molecule has 0 aliphatic heterocycles. The molecule has 0 N–H and O–H groups in total. The molecule has 0 fully saturated rings. The fourth-order valence-corrected chi connectivity index (χ4v) is 2.20. The first kappa shape index (κ1) is 12.1. The third-order valence-electron chi connectivity index (χ3n) is 2.95. The van der Waals surface area contributed by atoms with E-state index >= 15 is 0 Å². The minimum atomic E-state index is 0.537. The van der Waals surface area contributed by atoms with Gasteiger partial charge in [0, 0.05) is 5.39 Å². The highest BCUT2D eigenvalue weighted by Gasteiger charge is 2.03. The summed E-state index contributed by atoms with van der Waals surface area (Å²) in [6.45, 7) is 1.23. The van der Waals surface area contributed by atoms with Gasteiger partial charge in [-0.1, -0.05) is 41.9 Å². The van der Waals surface area contributed by atoms with Crippen molar-refractivity contribution in [3.8, 4) is 5.75 Å². The Balaban J connectivity index is 1.68. The van der Waals surface area contributed by atoms with Gasteiger partial charge in [0.2, 0.25) is 0 Å². The molecule has 4 heteroatoms. The third kappa shape index (κ3) is 2.56. The minimum Gasteiger partial charge on any atom is -0.490 e. The van der Waals surface area contributed by atoms with E-state index in [9.17, 15) is 0 Å². The quantitative estimate of drug-likeness (QED) is 0.723. The summed E-state index contributed by atoms with van der Waals surface area (Å²) < 4.78 is 7.60. The van der Waals surface area contributed by atoms with Crippen molar-refractivity contribution in [2.45, 2.75) is 6.54 Å². The van der Waals surface area contributed by atoms with Crippen LogP contribution < -0.4 is 4.74 Å². The number of fused-ring (bicyclic) bond motifs is 1. The first-order valence-corrected chi connectivity index (χ1v) is 6.50. The van der Waals surface area contributed by atoms with Crippen LogP contribution in [-0.2, 0) is 6.54 Å². The average molecular weight is 273 g/mol. The van der Waals surface area contributed by atoms with Gasteiger partial charge < -0.3 is 4.74 Å². The number of benzene rings is 2. The Hall–Kier alpha value is -2.00. The lowest BCUT2D eigenvalue weighted by Gasteiger charge is -2.08. The van der Waals surface area contributed by atoms with Gasteiger partial charge in [-0.25, -0.2) is 0 Å². The first-order valence-electron chi connectivity index (χ1n) is 6.12. The summed E-state index contributed by atoms with van der Waals surface area (Å²) in [4.78, 5) is 0. The highest BCUT2D eigenvalue weighted by atomic mass is 35.5. The molecule has 0 unspecified atom stereocenters. The zero-order valence-electron chi connectivity index (χ0n) is 10.3. The fourth-order valence-electron chi connectivity index (χ4n) is 2.01. The molecule has 0 aliphatic carbocycles. The summed E-state index contributed by atoms with van der Waals surface area (Å²) in [5, 5.41) is 6.12. The molecule has 3 rings (SSSR count). The summed E-state index contributed by atoms with van der Waals surface area (Å²) >= 11 is 6.03. The summed E-state index contributed by atoms with van der Waals surface area (Å²) in [6.07, 6.45) is 1.87. The van der Waals surface area contributed by atoms with Crippen molar-refractivity contribution < 1.29 is 4.74 Å². The standard InChI is InChI=1S/C15H13ClN2O/c16-13-6-2-4-8-15(13)19-10-9-18-14-7-3-1-5-12(14)11-17-18/h1-8,11H,9-10H2. The van der Waals surface area contributed by atoms with Crippen molar-refractivity contribution in [2.75, 3.05) is 6.61 Å². The molecule has 19 heavy (non-hydrogen) atoms. The van der Waals surface area contributed by atoms with E-state index in [-0.39, 0.29) is 0 Å². The van der Waals surface area contributed by atoms with E-state index in [1.54, 1.807) is 0 Å². The highest BCUT2D eigenvalue weighted by molar-refractivity contribution is 6.32. The SMILES string of the molecule is Clc1ccccc1OCCn1ncc2ccccc21. The molecule has 0 aliphatic rings. The van der Waals surface area contributed by atoms with Gasteiger partial charge >= 0.3 is 0 Å². The Morgan fingerprint density at radius 2 is 1.84 bits per heavy atom. The second kappa shape index (κ2) is 5.33. The van der Waals surface area contributed by atoms with E-state index in [0.717, 1.165) is 10.9 Å². The van der Waals surface area contributed by atoms with Crippen LogP contribution in [0.15, 0.2) is 54.7 Å². The van der Waals surface area contributed by atoms with Crippen molar-refractivity contribution in [1.82, 2.24) is 9.78 Å². The maximum absolute atomic E-state index is 6.03. The van der Waals surface area contributed by atoms with Gasteiger partial charge in [-0.15, -0.1) is 0 Å². The molecule has 0 atom stereocenters. The van der Waals surface area contributed by atoms with Gasteiger partial charge in [0.1, 0.15) is 12.4 Å². The minimum absolute atomic E-state index is 0.537. The molecule has 0 bridgehead atoms. The van der Waals surface area contributed by atoms with Crippen LogP contribution >= 0.6 is 11.6 Å². The number of nitrogens with zero attached hydrogens (tertiary/aromatic N) is 2. The maximum atomic E-state index is 6.03. The number of rotatable bonds is 4. The molecule has 3 nitrogen and oxygen atoms in total. The van der Waals surface area contributed by atoms with Crippen LogP contribution in [0.1, 0.15) is 0 Å². The van der Waals surface area contributed by atoms with Crippen LogP contribution in [-0.4, -0.2) is 16.4 Å². The normalized spacial score (nSPS) is 10.8. The lowest BCUT2D eigenvalue weighted by atomic mass is 10.3. The third-order valence-corrected chi connectivity index (χ3v) is 3.26. The molecule has 1 aromatic heterocycles. The molecule has 0 saturated heterocycles. The van der Waals surface area contributed by atoms with Crippen LogP contribution in [0.25, 0.3) is 10.9 Å². The highest BCUT2D eigenvalue weighted by Crippen LogP contribution is 2.23. The number of hydrogen-bond acceptors (Lipinski definition) is 2. The molecule has 0 amide bonds. The zero-order chi connectivity index (χ0) is 13.1. The van der Waals surface area contributed by atoms with E-state index in [0.29, 0.717) is 23.9 Å². The average Bonchev–Trinajstić information content (AvgIpc) is 2.85. The van der Waals surface area contributed by atoms with Crippen LogP contribution in [0.5, 0.6) is 5.75 Å². The van der Waals surface area contributed by atoms with Gasteiger partial charge in [-0.3, -0.25) is 4.68 Å². The molecule has 0 saturated carbocycles. The van der Waals surface area contributed by atoms with Gasteiger partial charge in [0.15, 0.2) is 0 Å². The van der Waals surface area contributed by atoms with Crippen LogP contribution in [0.3, 0.4) is 0 Å².